The lowest BCUT2D eigenvalue weighted by molar-refractivity contribution is -0.143. The van der Waals surface area contributed by atoms with Crippen molar-refractivity contribution in [1.82, 2.24) is 20.1 Å². The van der Waals surface area contributed by atoms with E-state index in [2.05, 4.69) is 20.1 Å². The highest BCUT2D eigenvalue weighted by molar-refractivity contribution is 5.84. The zero-order valence-corrected chi connectivity index (χ0v) is 14.8. The quantitative estimate of drug-likeness (QED) is 0.908. The van der Waals surface area contributed by atoms with Gasteiger partial charge in [0.1, 0.15) is 5.76 Å². The van der Waals surface area contributed by atoms with E-state index in [4.69, 9.17) is 4.42 Å². The molecule has 0 aromatic carbocycles. The molecule has 2 aliphatic heterocycles. The van der Waals surface area contributed by atoms with Crippen LogP contribution in [0.2, 0.25) is 0 Å². The molecule has 4 rings (SSSR count). The van der Waals surface area contributed by atoms with Crippen LogP contribution in [0.15, 0.2) is 4.42 Å². The summed E-state index contributed by atoms with van der Waals surface area (Å²) in [4.78, 5) is 21.7. The number of nitrogens with one attached hydrogen (secondary N) is 1. The lowest BCUT2D eigenvalue weighted by atomic mass is 9.71. The predicted octanol–water partition coefficient (Wildman–Crippen LogP) is 1.47. The molecule has 1 spiro atoms. The van der Waals surface area contributed by atoms with Crippen molar-refractivity contribution in [2.75, 3.05) is 32.7 Å². The molecule has 0 bridgehead atoms. The van der Waals surface area contributed by atoms with Crippen molar-refractivity contribution < 1.29 is 9.21 Å². The number of hydrogen-bond acceptors (Lipinski definition) is 5. The first-order valence-corrected chi connectivity index (χ1v) is 9.25. The van der Waals surface area contributed by atoms with E-state index in [1.807, 2.05) is 13.8 Å². The number of piperazine rings is 1. The summed E-state index contributed by atoms with van der Waals surface area (Å²) in [5, 5.41) is 3.41. The Morgan fingerprint density at radius 3 is 2.50 bits per heavy atom. The average molecular weight is 332 g/mol. The highest BCUT2D eigenvalue weighted by Crippen LogP contribution is 2.46. The van der Waals surface area contributed by atoms with E-state index in [0.29, 0.717) is 5.91 Å². The molecule has 0 radical (unpaired) electrons. The van der Waals surface area contributed by atoms with Gasteiger partial charge in [0.25, 0.3) is 0 Å². The molecule has 1 aliphatic carbocycles. The molecule has 1 saturated carbocycles. The van der Waals surface area contributed by atoms with Gasteiger partial charge in [0, 0.05) is 38.1 Å². The first-order valence-electron chi connectivity index (χ1n) is 9.25. The van der Waals surface area contributed by atoms with Crippen molar-refractivity contribution in [3.63, 3.8) is 0 Å². The number of carbonyl (C=O) groups excluding carboxylic acids is 1. The van der Waals surface area contributed by atoms with Gasteiger partial charge in [-0.15, -0.1) is 0 Å². The van der Waals surface area contributed by atoms with Gasteiger partial charge >= 0.3 is 0 Å². The number of amides is 1. The van der Waals surface area contributed by atoms with Crippen LogP contribution in [-0.4, -0.2) is 59.5 Å². The molecule has 6 heteroatoms. The van der Waals surface area contributed by atoms with Gasteiger partial charge in [0.15, 0.2) is 0 Å². The summed E-state index contributed by atoms with van der Waals surface area (Å²) in [6.07, 6.45) is 5.01. The molecule has 3 aliphatic rings. The minimum absolute atomic E-state index is 0.0728. The Morgan fingerprint density at radius 2 is 1.96 bits per heavy atom. The molecule has 1 amide bonds. The number of aromatic nitrogens is 1. The van der Waals surface area contributed by atoms with Gasteiger partial charge in [-0.1, -0.05) is 12.8 Å². The van der Waals surface area contributed by atoms with Crippen LogP contribution >= 0.6 is 0 Å². The number of nitrogens with zero attached hydrogens (tertiary/aromatic N) is 3. The van der Waals surface area contributed by atoms with Crippen LogP contribution < -0.4 is 5.32 Å². The minimum Gasteiger partial charge on any atom is -0.444 e. The third kappa shape index (κ3) is 2.75. The summed E-state index contributed by atoms with van der Waals surface area (Å²) in [6.45, 7) is 9.11. The third-order valence-corrected chi connectivity index (χ3v) is 6.23. The first-order chi connectivity index (χ1) is 11.6. The molecule has 2 saturated heterocycles. The maximum Gasteiger partial charge on any atom is 0.240 e. The molecule has 6 nitrogen and oxygen atoms in total. The molecule has 1 aromatic rings. The fraction of sp³-hybridized carbons (Fsp3) is 0.778. The maximum atomic E-state index is 12.9. The van der Waals surface area contributed by atoms with E-state index in [1.165, 1.54) is 25.7 Å². The number of rotatable bonds is 3. The van der Waals surface area contributed by atoms with Crippen molar-refractivity contribution in [1.29, 1.82) is 0 Å². The predicted molar refractivity (Wildman–Crippen MR) is 90.5 cm³/mol. The Morgan fingerprint density at radius 1 is 1.25 bits per heavy atom. The molecule has 24 heavy (non-hydrogen) atoms. The molecule has 1 unspecified atom stereocenters. The maximum absolute atomic E-state index is 12.9. The number of oxazole rings is 1. The first kappa shape index (κ1) is 16.1. The summed E-state index contributed by atoms with van der Waals surface area (Å²) >= 11 is 0. The van der Waals surface area contributed by atoms with Crippen LogP contribution in [0.4, 0.5) is 0 Å². The number of carbonyl (C=O) groups is 1. The second kappa shape index (κ2) is 6.15. The van der Waals surface area contributed by atoms with E-state index >= 15 is 0 Å². The lowest BCUT2D eigenvalue weighted by Gasteiger charge is -2.49. The standard InChI is InChI=1S/C18H28N4O2/c1-13-14(2)24-15(20-13)11-21-7-9-22(10-8-21)17(23)16-18(12-19-16)5-3-4-6-18/h16,19H,3-12H2,1-2H3. The van der Waals surface area contributed by atoms with E-state index < -0.39 is 0 Å². The Kier molecular flexibility index (Phi) is 4.12. The normalized spacial score (nSPS) is 26.8. The fourth-order valence-corrected chi connectivity index (χ4v) is 4.49. The summed E-state index contributed by atoms with van der Waals surface area (Å²) in [5.74, 6) is 2.01. The summed E-state index contributed by atoms with van der Waals surface area (Å²) in [5.41, 5.74) is 1.25. The van der Waals surface area contributed by atoms with Gasteiger partial charge in [-0.05, 0) is 26.7 Å². The van der Waals surface area contributed by atoms with Crippen LogP contribution in [-0.2, 0) is 11.3 Å². The Hall–Kier alpha value is -1.40. The smallest absolute Gasteiger partial charge is 0.240 e. The van der Waals surface area contributed by atoms with E-state index in [9.17, 15) is 4.79 Å². The Balaban J connectivity index is 1.30. The van der Waals surface area contributed by atoms with Crippen molar-refractivity contribution in [3.8, 4) is 0 Å². The average Bonchev–Trinajstić information content (AvgIpc) is 3.16. The highest BCUT2D eigenvalue weighted by atomic mass is 16.4. The molecule has 3 heterocycles. The lowest BCUT2D eigenvalue weighted by Crippen LogP contribution is -2.68. The largest absolute Gasteiger partial charge is 0.444 e. The summed E-state index contributed by atoms with van der Waals surface area (Å²) in [6, 6.07) is 0.0728. The van der Waals surface area contributed by atoms with Crippen molar-refractivity contribution in [2.45, 2.75) is 52.1 Å². The molecule has 1 N–H and O–H groups in total. The minimum atomic E-state index is 0.0728. The van der Waals surface area contributed by atoms with E-state index in [0.717, 1.165) is 56.6 Å². The van der Waals surface area contributed by atoms with Crippen LogP contribution in [0.1, 0.15) is 43.0 Å². The molecular formula is C18H28N4O2. The van der Waals surface area contributed by atoms with Crippen LogP contribution in [0, 0.1) is 19.3 Å². The third-order valence-electron chi connectivity index (χ3n) is 6.23. The second-order valence-corrected chi connectivity index (χ2v) is 7.73. The van der Waals surface area contributed by atoms with Crippen LogP contribution in [0.25, 0.3) is 0 Å². The zero-order valence-electron chi connectivity index (χ0n) is 14.8. The summed E-state index contributed by atoms with van der Waals surface area (Å²) < 4.78 is 5.68. The van der Waals surface area contributed by atoms with Crippen molar-refractivity contribution >= 4 is 5.91 Å². The topological polar surface area (TPSA) is 61.6 Å². The SMILES string of the molecule is Cc1nc(CN2CCN(C(=O)C3NCC34CCCC4)CC2)oc1C. The fourth-order valence-electron chi connectivity index (χ4n) is 4.49. The van der Waals surface area contributed by atoms with E-state index in [1.54, 1.807) is 0 Å². The molecular weight excluding hydrogens is 304 g/mol. The summed E-state index contributed by atoms with van der Waals surface area (Å²) in [7, 11) is 0. The molecule has 132 valence electrons. The van der Waals surface area contributed by atoms with Gasteiger partial charge in [-0.3, -0.25) is 9.69 Å². The monoisotopic (exact) mass is 332 g/mol. The highest BCUT2D eigenvalue weighted by Gasteiger charge is 2.52. The van der Waals surface area contributed by atoms with Gasteiger partial charge in [-0.25, -0.2) is 4.98 Å². The van der Waals surface area contributed by atoms with E-state index in [-0.39, 0.29) is 11.5 Å². The van der Waals surface area contributed by atoms with Gasteiger partial charge < -0.3 is 14.6 Å². The second-order valence-electron chi connectivity index (χ2n) is 7.73. The Bertz CT molecular complexity index is 593. The Labute approximate surface area is 143 Å². The van der Waals surface area contributed by atoms with Crippen molar-refractivity contribution in [2.24, 2.45) is 5.41 Å². The molecule has 1 aromatic heterocycles. The molecule has 3 fully saturated rings. The van der Waals surface area contributed by atoms with Crippen LogP contribution in [0.5, 0.6) is 0 Å². The number of hydrogen-bond donors (Lipinski definition) is 1. The van der Waals surface area contributed by atoms with Gasteiger partial charge in [-0.2, -0.15) is 0 Å². The van der Waals surface area contributed by atoms with Gasteiger partial charge in [0.2, 0.25) is 11.8 Å². The van der Waals surface area contributed by atoms with Gasteiger partial charge in [0.05, 0.1) is 18.3 Å². The van der Waals surface area contributed by atoms with Crippen molar-refractivity contribution in [3.05, 3.63) is 17.3 Å². The zero-order chi connectivity index (χ0) is 16.7. The van der Waals surface area contributed by atoms with Crippen LogP contribution in [0.3, 0.4) is 0 Å². The number of aryl methyl sites for hydroxylation is 2. The molecule has 1 atom stereocenters.